The first-order valence-electron chi connectivity index (χ1n) is 8.30. The summed E-state index contributed by atoms with van der Waals surface area (Å²) in [7, 11) is 0. The topological polar surface area (TPSA) is 38.8 Å². The highest BCUT2D eigenvalue weighted by Crippen LogP contribution is 2.34. The standard InChI is InChI=1S/C19H20Cl3NO3/c1-2-3-9-23(14-7-5-4-6-8-14)10-11-25-19(24)26-18-13-16(21)15(20)12-17(18)22/h4-8,12-13H,2-3,9-11H2,1H3. The number of hydrogen-bond acceptors (Lipinski definition) is 4. The van der Waals surface area contributed by atoms with E-state index in [0.717, 1.165) is 25.1 Å². The van der Waals surface area contributed by atoms with Gasteiger partial charge in [-0.15, -0.1) is 0 Å². The van der Waals surface area contributed by atoms with E-state index in [9.17, 15) is 4.79 Å². The van der Waals surface area contributed by atoms with Gasteiger partial charge in [-0.05, 0) is 24.6 Å². The van der Waals surface area contributed by atoms with Crippen LogP contribution >= 0.6 is 34.8 Å². The van der Waals surface area contributed by atoms with Gasteiger partial charge >= 0.3 is 6.16 Å². The minimum atomic E-state index is -0.839. The number of benzene rings is 2. The van der Waals surface area contributed by atoms with Gasteiger partial charge in [0.15, 0.2) is 5.75 Å². The lowest BCUT2D eigenvalue weighted by atomic mass is 10.2. The number of rotatable bonds is 8. The second-order valence-corrected chi connectivity index (χ2v) is 6.80. The van der Waals surface area contributed by atoms with Crippen LogP contribution < -0.4 is 9.64 Å². The molecule has 0 saturated carbocycles. The molecule has 0 aliphatic rings. The van der Waals surface area contributed by atoms with Gasteiger partial charge in [0.25, 0.3) is 0 Å². The molecule has 2 rings (SSSR count). The summed E-state index contributed by atoms with van der Waals surface area (Å²) in [5, 5.41) is 0.714. The van der Waals surface area contributed by atoms with E-state index >= 15 is 0 Å². The van der Waals surface area contributed by atoms with E-state index in [1.807, 2.05) is 30.3 Å². The number of unbranched alkanes of at least 4 members (excludes halogenated alkanes) is 1. The molecule has 0 aromatic heterocycles. The van der Waals surface area contributed by atoms with Crippen LogP contribution in [0.2, 0.25) is 15.1 Å². The van der Waals surface area contributed by atoms with Crippen LogP contribution in [0.15, 0.2) is 42.5 Å². The Morgan fingerprint density at radius 2 is 1.69 bits per heavy atom. The Labute approximate surface area is 168 Å². The number of para-hydroxylation sites is 1. The minimum absolute atomic E-state index is 0.108. The number of carbonyl (C=O) groups excluding carboxylic acids is 1. The van der Waals surface area contributed by atoms with E-state index in [-0.39, 0.29) is 27.4 Å². The molecule has 0 amide bonds. The predicted molar refractivity (Wildman–Crippen MR) is 107 cm³/mol. The fourth-order valence-electron chi connectivity index (χ4n) is 2.30. The molecule has 4 nitrogen and oxygen atoms in total. The van der Waals surface area contributed by atoms with Crippen LogP contribution in [0, 0.1) is 0 Å². The zero-order valence-corrected chi connectivity index (χ0v) is 16.7. The molecule has 0 aliphatic heterocycles. The van der Waals surface area contributed by atoms with Gasteiger partial charge in [-0.1, -0.05) is 66.3 Å². The summed E-state index contributed by atoms with van der Waals surface area (Å²) in [5.74, 6) is 0.108. The molecule has 140 valence electrons. The van der Waals surface area contributed by atoms with Crippen molar-refractivity contribution in [3.8, 4) is 5.75 Å². The Morgan fingerprint density at radius 3 is 2.38 bits per heavy atom. The van der Waals surface area contributed by atoms with Crippen molar-refractivity contribution in [1.29, 1.82) is 0 Å². The van der Waals surface area contributed by atoms with Crippen LogP contribution in [0.25, 0.3) is 0 Å². The van der Waals surface area contributed by atoms with E-state index in [1.54, 1.807) is 0 Å². The molecule has 0 saturated heterocycles. The molecule has 0 bridgehead atoms. The Hall–Kier alpha value is -1.62. The molecule has 0 N–H and O–H groups in total. The van der Waals surface area contributed by atoms with Crippen LogP contribution in [0.1, 0.15) is 19.8 Å². The molecule has 0 unspecified atom stereocenters. The summed E-state index contributed by atoms with van der Waals surface area (Å²) >= 11 is 17.7. The minimum Gasteiger partial charge on any atom is -0.432 e. The summed E-state index contributed by atoms with van der Waals surface area (Å²) in [5.41, 5.74) is 1.09. The summed E-state index contributed by atoms with van der Waals surface area (Å²) < 4.78 is 10.3. The molecule has 0 atom stereocenters. The lowest BCUT2D eigenvalue weighted by Gasteiger charge is -2.24. The van der Waals surface area contributed by atoms with Crippen molar-refractivity contribution in [2.75, 3.05) is 24.6 Å². The lowest BCUT2D eigenvalue weighted by molar-refractivity contribution is 0.101. The maximum Gasteiger partial charge on any atom is 0.513 e. The molecule has 2 aromatic rings. The lowest BCUT2D eigenvalue weighted by Crippen LogP contribution is -2.29. The van der Waals surface area contributed by atoms with Gasteiger partial charge in [-0.3, -0.25) is 0 Å². The fourth-order valence-corrected chi connectivity index (χ4v) is 2.87. The number of ether oxygens (including phenoxy) is 2. The van der Waals surface area contributed by atoms with Crippen molar-refractivity contribution in [1.82, 2.24) is 0 Å². The first-order valence-corrected chi connectivity index (χ1v) is 9.43. The first kappa shape index (κ1) is 20.7. The molecule has 2 aromatic carbocycles. The molecule has 7 heteroatoms. The zero-order valence-electron chi connectivity index (χ0n) is 14.4. The van der Waals surface area contributed by atoms with Crippen molar-refractivity contribution < 1.29 is 14.3 Å². The van der Waals surface area contributed by atoms with E-state index in [2.05, 4.69) is 11.8 Å². The van der Waals surface area contributed by atoms with E-state index in [4.69, 9.17) is 44.3 Å². The average Bonchev–Trinajstić information content (AvgIpc) is 2.63. The predicted octanol–water partition coefficient (Wildman–Crippen LogP) is 6.47. The number of halogens is 3. The largest absolute Gasteiger partial charge is 0.513 e. The molecule has 0 heterocycles. The highest BCUT2D eigenvalue weighted by atomic mass is 35.5. The molecule has 0 aliphatic carbocycles. The van der Waals surface area contributed by atoms with Gasteiger partial charge in [-0.25, -0.2) is 4.79 Å². The van der Waals surface area contributed by atoms with E-state index in [0.29, 0.717) is 6.54 Å². The number of carbonyl (C=O) groups is 1. The SMILES string of the molecule is CCCCN(CCOC(=O)Oc1cc(Cl)c(Cl)cc1Cl)c1ccccc1. The highest BCUT2D eigenvalue weighted by molar-refractivity contribution is 6.43. The highest BCUT2D eigenvalue weighted by Gasteiger charge is 2.13. The van der Waals surface area contributed by atoms with Crippen LogP contribution in [-0.4, -0.2) is 25.9 Å². The fraction of sp³-hybridized carbons (Fsp3) is 0.316. The molecule has 0 spiro atoms. The van der Waals surface area contributed by atoms with Crippen molar-refractivity contribution in [3.05, 3.63) is 57.5 Å². The van der Waals surface area contributed by atoms with Crippen LogP contribution in [0.3, 0.4) is 0 Å². The van der Waals surface area contributed by atoms with Gasteiger partial charge in [0.05, 0.1) is 21.6 Å². The van der Waals surface area contributed by atoms with Crippen molar-refractivity contribution in [2.24, 2.45) is 0 Å². The number of hydrogen-bond donors (Lipinski definition) is 0. The summed E-state index contributed by atoms with van der Waals surface area (Å²) in [6, 6.07) is 12.8. The molecule has 26 heavy (non-hydrogen) atoms. The summed E-state index contributed by atoms with van der Waals surface area (Å²) in [4.78, 5) is 14.1. The van der Waals surface area contributed by atoms with Crippen LogP contribution in [0.5, 0.6) is 5.75 Å². The zero-order chi connectivity index (χ0) is 18.9. The third-order valence-electron chi connectivity index (χ3n) is 3.65. The van der Waals surface area contributed by atoms with E-state index < -0.39 is 6.16 Å². The quantitative estimate of drug-likeness (QED) is 0.281. The summed E-state index contributed by atoms with van der Waals surface area (Å²) in [6.45, 7) is 3.78. The molecular formula is C19H20Cl3NO3. The Bertz CT molecular complexity index is 725. The van der Waals surface area contributed by atoms with Crippen molar-refractivity contribution in [2.45, 2.75) is 19.8 Å². The Morgan fingerprint density at radius 1 is 1.00 bits per heavy atom. The normalized spacial score (nSPS) is 10.5. The number of anilines is 1. The monoisotopic (exact) mass is 415 g/mol. The maximum atomic E-state index is 11.9. The molecular weight excluding hydrogens is 397 g/mol. The number of nitrogens with zero attached hydrogens (tertiary/aromatic N) is 1. The second kappa shape index (κ2) is 10.5. The van der Waals surface area contributed by atoms with Gasteiger partial charge in [-0.2, -0.15) is 0 Å². The average molecular weight is 417 g/mol. The van der Waals surface area contributed by atoms with Gasteiger partial charge < -0.3 is 14.4 Å². The Balaban J connectivity index is 1.88. The smallest absolute Gasteiger partial charge is 0.432 e. The van der Waals surface area contributed by atoms with Crippen LogP contribution in [-0.2, 0) is 4.74 Å². The third kappa shape index (κ3) is 6.27. The Kier molecular flexibility index (Phi) is 8.36. The van der Waals surface area contributed by atoms with Crippen molar-refractivity contribution >= 4 is 46.6 Å². The third-order valence-corrected chi connectivity index (χ3v) is 4.67. The first-order chi connectivity index (χ1) is 12.5. The maximum absolute atomic E-state index is 11.9. The van der Waals surface area contributed by atoms with E-state index in [1.165, 1.54) is 12.1 Å². The van der Waals surface area contributed by atoms with Crippen LogP contribution in [0.4, 0.5) is 10.5 Å². The van der Waals surface area contributed by atoms with Gasteiger partial charge in [0, 0.05) is 18.3 Å². The van der Waals surface area contributed by atoms with Gasteiger partial charge in [0.2, 0.25) is 0 Å². The molecule has 0 fully saturated rings. The molecule has 0 radical (unpaired) electrons. The second-order valence-electron chi connectivity index (χ2n) is 5.57. The van der Waals surface area contributed by atoms with Gasteiger partial charge in [0.1, 0.15) is 6.61 Å². The van der Waals surface area contributed by atoms with Crippen molar-refractivity contribution in [3.63, 3.8) is 0 Å². The summed E-state index contributed by atoms with van der Waals surface area (Å²) in [6.07, 6.45) is 1.30.